The molecular weight excluding hydrogens is 301 g/mol. The van der Waals surface area contributed by atoms with Crippen LogP contribution in [-0.2, 0) is 0 Å². The van der Waals surface area contributed by atoms with Gasteiger partial charge in [-0.25, -0.2) is 4.79 Å². The molecule has 1 aliphatic rings. The van der Waals surface area contributed by atoms with Crippen molar-refractivity contribution in [2.24, 2.45) is 0 Å². The number of carbonyl (C=O) groups is 1. The second kappa shape index (κ2) is 6.63. The summed E-state index contributed by atoms with van der Waals surface area (Å²) in [7, 11) is 0. The summed E-state index contributed by atoms with van der Waals surface area (Å²) in [6.45, 7) is 1.56. The third-order valence-electron chi connectivity index (χ3n) is 3.23. The van der Waals surface area contributed by atoms with Crippen LogP contribution in [0, 0.1) is 0 Å². The summed E-state index contributed by atoms with van der Waals surface area (Å²) in [5.41, 5.74) is -0.460. The highest BCUT2D eigenvalue weighted by molar-refractivity contribution is 6.43. The minimum Gasteiger partial charge on any atom is -0.387 e. The van der Waals surface area contributed by atoms with Crippen LogP contribution < -0.4 is 16.0 Å². The normalized spacial score (nSPS) is 22.4. The summed E-state index contributed by atoms with van der Waals surface area (Å²) in [6.07, 6.45) is 1.55. The van der Waals surface area contributed by atoms with Crippen LogP contribution in [-0.4, -0.2) is 36.4 Å². The maximum atomic E-state index is 11.8. The first-order valence-corrected chi connectivity index (χ1v) is 7.18. The Bertz CT molecular complexity index is 491. The van der Waals surface area contributed by atoms with Crippen molar-refractivity contribution in [3.8, 4) is 0 Å². The fourth-order valence-corrected chi connectivity index (χ4v) is 2.46. The number of carbonyl (C=O) groups excluding carboxylic acids is 1. The molecule has 1 aromatic rings. The molecule has 1 heterocycles. The number of anilines is 1. The number of urea groups is 1. The monoisotopic (exact) mass is 317 g/mol. The molecule has 1 atom stereocenters. The van der Waals surface area contributed by atoms with Crippen LogP contribution >= 0.6 is 23.2 Å². The van der Waals surface area contributed by atoms with Gasteiger partial charge in [0, 0.05) is 13.1 Å². The minimum absolute atomic E-state index is 0.185. The summed E-state index contributed by atoms with van der Waals surface area (Å²) in [5.74, 6) is 0. The quantitative estimate of drug-likeness (QED) is 0.690. The molecule has 0 bridgehead atoms. The topological polar surface area (TPSA) is 73.4 Å². The Labute approximate surface area is 127 Å². The van der Waals surface area contributed by atoms with E-state index in [0.29, 0.717) is 28.7 Å². The highest BCUT2D eigenvalue weighted by Gasteiger charge is 2.29. The van der Waals surface area contributed by atoms with Crippen molar-refractivity contribution in [2.75, 3.05) is 25.0 Å². The fourth-order valence-electron chi connectivity index (χ4n) is 2.11. The Morgan fingerprint density at radius 2 is 2.25 bits per heavy atom. The van der Waals surface area contributed by atoms with Crippen molar-refractivity contribution in [2.45, 2.75) is 18.4 Å². The van der Waals surface area contributed by atoms with Gasteiger partial charge in [0.05, 0.1) is 21.3 Å². The number of rotatable bonds is 3. The molecule has 1 aliphatic heterocycles. The van der Waals surface area contributed by atoms with Crippen LogP contribution in [0.1, 0.15) is 12.8 Å². The molecule has 0 aliphatic carbocycles. The maximum absolute atomic E-state index is 11.8. The van der Waals surface area contributed by atoms with Crippen molar-refractivity contribution < 1.29 is 9.90 Å². The van der Waals surface area contributed by atoms with E-state index >= 15 is 0 Å². The van der Waals surface area contributed by atoms with Crippen LogP contribution in [0.4, 0.5) is 10.5 Å². The summed E-state index contributed by atoms with van der Waals surface area (Å²) in [5, 5.41) is 19.3. The van der Waals surface area contributed by atoms with Gasteiger partial charge in [0.15, 0.2) is 0 Å². The third-order valence-corrected chi connectivity index (χ3v) is 4.05. The molecule has 20 heavy (non-hydrogen) atoms. The van der Waals surface area contributed by atoms with Crippen molar-refractivity contribution in [3.63, 3.8) is 0 Å². The number of halogens is 2. The van der Waals surface area contributed by atoms with Crippen molar-refractivity contribution in [3.05, 3.63) is 28.2 Å². The first-order chi connectivity index (χ1) is 9.50. The standard InChI is InChI=1S/C13H17Cl2N3O2/c14-9-3-1-4-10(11(9)15)18-12(19)17-8-13(20)5-2-6-16-7-13/h1,3-4,16,20H,2,5-8H2,(H2,17,18,19). The SMILES string of the molecule is O=C(NCC1(O)CCCNC1)Nc1cccc(Cl)c1Cl. The molecule has 2 rings (SSSR count). The first kappa shape index (κ1) is 15.4. The predicted molar refractivity (Wildman–Crippen MR) is 80.5 cm³/mol. The number of amides is 2. The summed E-state index contributed by atoms with van der Waals surface area (Å²) in [4.78, 5) is 11.8. The molecule has 1 saturated heterocycles. The minimum atomic E-state index is -0.895. The van der Waals surface area contributed by atoms with Gasteiger partial charge in [0.2, 0.25) is 0 Å². The number of benzene rings is 1. The van der Waals surface area contributed by atoms with Gasteiger partial charge in [-0.1, -0.05) is 29.3 Å². The van der Waals surface area contributed by atoms with E-state index in [-0.39, 0.29) is 6.54 Å². The van der Waals surface area contributed by atoms with Crippen LogP contribution in [0.15, 0.2) is 18.2 Å². The molecule has 1 unspecified atom stereocenters. The Kier molecular flexibility index (Phi) is 5.10. The van der Waals surface area contributed by atoms with Crippen LogP contribution in [0.2, 0.25) is 10.0 Å². The van der Waals surface area contributed by atoms with Gasteiger partial charge in [0.25, 0.3) is 0 Å². The molecule has 0 saturated carbocycles. The lowest BCUT2D eigenvalue weighted by Gasteiger charge is -2.32. The second-order valence-corrected chi connectivity index (χ2v) is 5.70. The molecule has 0 aromatic heterocycles. The van der Waals surface area contributed by atoms with E-state index in [4.69, 9.17) is 23.2 Å². The molecule has 110 valence electrons. The zero-order chi connectivity index (χ0) is 14.6. The lowest BCUT2D eigenvalue weighted by atomic mass is 9.94. The number of hydrogen-bond donors (Lipinski definition) is 4. The van der Waals surface area contributed by atoms with E-state index in [2.05, 4.69) is 16.0 Å². The number of aliphatic hydroxyl groups is 1. The zero-order valence-electron chi connectivity index (χ0n) is 10.9. The maximum Gasteiger partial charge on any atom is 0.319 e. The smallest absolute Gasteiger partial charge is 0.319 e. The largest absolute Gasteiger partial charge is 0.387 e. The molecular formula is C13H17Cl2N3O2. The van der Waals surface area contributed by atoms with Gasteiger partial charge in [-0.3, -0.25) is 0 Å². The van der Waals surface area contributed by atoms with Crippen molar-refractivity contribution >= 4 is 34.9 Å². The van der Waals surface area contributed by atoms with E-state index in [9.17, 15) is 9.90 Å². The lowest BCUT2D eigenvalue weighted by molar-refractivity contribution is 0.0198. The first-order valence-electron chi connectivity index (χ1n) is 6.42. The molecule has 5 nitrogen and oxygen atoms in total. The molecule has 1 fully saturated rings. The van der Waals surface area contributed by atoms with Gasteiger partial charge < -0.3 is 21.1 Å². The summed E-state index contributed by atoms with van der Waals surface area (Å²) >= 11 is 11.8. The van der Waals surface area contributed by atoms with Crippen molar-refractivity contribution in [1.82, 2.24) is 10.6 Å². The average molecular weight is 318 g/mol. The number of β-amino-alcohol motifs (C(OH)–C–C–N with tert-alkyl or cyclic N) is 1. The lowest BCUT2D eigenvalue weighted by Crippen LogP contribution is -2.53. The van der Waals surface area contributed by atoms with Gasteiger partial charge in [-0.05, 0) is 31.5 Å². The highest BCUT2D eigenvalue weighted by Crippen LogP contribution is 2.29. The molecule has 4 N–H and O–H groups in total. The van der Waals surface area contributed by atoms with Gasteiger partial charge in [-0.2, -0.15) is 0 Å². The number of nitrogens with one attached hydrogen (secondary N) is 3. The van der Waals surface area contributed by atoms with Crippen LogP contribution in [0.5, 0.6) is 0 Å². The second-order valence-electron chi connectivity index (χ2n) is 4.91. The van der Waals surface area contributed by atoms with E-state index in [1.165, 1.54) is 0 Å². The van der Waals surface area contributed by atoms with Gasteiger partial charge >= 0.3 is 6.03 Å². The number of hydrogen-bond acceptors (Lipinski definition) is 3. The highest BCUT2D eigenvalue weighted by atomic mass is 35.5. The summed E-state index contributed by atoms with van der Waals surface area (Å²) < 4.78 is 0. The average Bonchev–Trinajstić information content (AvgIpc) is 2.43. The van der Waals surface area contributed by atoms with E-state index in [1.54, 1.807) is 18.2 Å². The van der Waals surface area contributed by atoms with E-state index in [1.807, 2.05) is 0 Å². The number of piperidine rings is 1. The molecule has 7 heteroatoms. The zero-order valence-corrected chi connectivity index (χ0v) is 12.4. The van der Waals surface area contributed by atoms with E-state index < -0.39 is 11.6 Å². The molecule has 0 spiro atoms. The Morgan fingerprint density at radius 3 is 2.95 bits per heavy atom. The Morgan fingerprint density at radius 1 is 1.45 bits per heavy atom. The van der Waals surface area contributed by atoms with Crippen molar-refractivity contribution in [1.29, 1.82) is 0 Å². The fraction of sp³-hybridized carbons (Fsp3) is 0.462. The third kappa shape index (κ3) is 3.99. The molecule has 0 radical (unpaired) electrons. The molecule has 2 amide bonds. The van der Waals surface area contributed by atoms with E-state index in [0.717, 1.165) is 13.0 Å². The molecule has 1 aromatic carbocycles. The predicted octanol–water partition coefficient (Wildman–Crippen LogP) is 2.23. The summed E-state index contributed by atoms with van der Waals surface area (Å²) in [6, 6.07) is 4.57. The van der Waals surface area contributed by atoms with Gasteiger partial charge in [-0.15, -0.1) is 0 Å². The Balaban J connectivity index is 1.88. The van der Waals surface area contributed by atoms with Crippen LogP contribution in [0.3, 0.4) is 0 Å². The Hall–Kier alpha value is -1.01. The van der Waals surface area contributed by atoms with Gasteiger partial charge in [0.1, 0.15) is 0 Å². The van der Waals surface area contributed by atoms with Crippen LogP contribution in [0.25, 0.3) is 0 Å².